The third-order valence-corrected chi connectivity index (χ3v) is 3.43. The summed E-state index contributed by atoms with van der Waals surface area (Å²) in [5.41, 5.74) is 0.133. The van der Waals surface area contributed by atoms with Gasteiger partial charge in [0.05, 0.1) is 5.60 Å². The number of hydrogen-bond acceptors (Lipinski definition) is 3. The Morgan fingerprint density at radius 1 is 1.12 bits per heavy atom. The summed E-state index contributed by atoms with van der Waals surface area (Å²) in [7, 11) is 0. The molecule has 0 unspecified atom stereocenters. The van der Waals surface area contributed by atoms with E-state index in [4.69, 9.17) is 0 Å². The maximum absolute atomic E-state index is 10.2. The molecule has 1 aliphatic rings. The number of rotatable bonds is 2. The fraction of sp³-hybridized carbons (Fsp3) is 0.286. The van der Waals surface area contributed by atoms with E-state index in [-0.39, 0.29) is 5.75 Å². The van der Waals surface area contributed by atoms with E-state index in [0.29, 0.717) is 19.5 Å². The highest BCUT2D eigenvalue weighted by atomic mass is 16.3. The van der Waals surface area contributed by atoms with Crippen LogP contribution >= 0.6 is 0 Å². The van der Waals surface area contributed by atoms with Crippen molar-refractivity contribution in [3.63, 3.8) is 0 Å². The molecule has 17 heavy (non-hydrogen) atoms. The van der Waals surface area contributed by atoms with E-state index in [1.54, 1.807) is 6.07 Å². The van der Waals surface area contributed by atoms with Crippen LogP contribution in [0.15, 0.2) is 36.4 Å². The minimum Gasteiger partial charge on any atom is -0.508 e. The average Bonchev–Trinajstić information content (AvgIpc) is 2.31. The van der Waals surface area contributed by atoms with Crippen molar-refractivity contribution in [3.8, 4) is 5.75 Å². The van der Waals surface area contributed by atoms with E-state index in [1.807, 2.05) is 30.3 Å². The van der Waals surface area contributed by atoms with Gasteiger partial charge in [-0.15, -0.1) is 0 Å². The fourth-order valence-electron chi connectivity index (χ4n) is 2.38. The molecule has 0 bridgehead atoms. The molecule has 3 heteroatoms. The summed E-state index contributed by atoms with van der Waals surface area (Å²) in [6, 6.07) is 11.5. The van der Waals surface area contributed by atoms with Crippen molar-refractivity contribution >= 4 is 10.8 Å². The van der Waals surface area contributed by atoms with Gasteiger partial charge >= 0.3 is 0 Å². The Kier molecular flexibility index (Phi) is 2.31. The average molecular weight is 229 g/mol. The van der Waals surface area contributed by atoms with Gasteiger partial charge in [-0.2, -0.15) is 0 Å². The van der Waals surface area contributed by atoms with Crippen LogP contribution in [-0.4, -0.2) is 28.9 Å². The molecular formula is C14H15NO2. The number of aromatic hydroxyl groups is 1. The number of benzene rings is 2. The van der Waals surface area contributed by atoms with Gasteiger partial charge < -0.3 is 15.5 Å². The molecule has 0 spiro atoms. The molecule has 2 aromatic rings. The fourth-order valence-corrected chi connectivity index (χ4v) is 2.38. The quantitative estimate of drug-likeness (QED) is 0.730. The second kappa shape index (κ2) is 3.72. The van der Waals surface area contributed by atoms with Gasteiger partial charge in [-0.25, -0.2) is 0 Å². The summed E-state index contributed by atoms with van der Waals surface area (Å²) in [5.74, 6) is 0.268. The molecule has 1 fully saturated rings. The molecule has 0 radical (unpaired) electrons. The Labute approximate surface area is 99.7 Å². The molecular weight excluding hydrogens is 214 g/mol. The monoisotopic (exact) mass is 229 g/mol. The number of nitrogens with one attached hydrogen (secondary N) is 1. The van der Waals surface area contributed by atoms with Gasteiger partial charge in [-0.3, -0.25) is 0 Å². The number of hydrogen-bond donors (Lipinski definition) is 3. The SMILES string of the molecule is Oc1ccc2ccccc2c1CC1(O)CNC1. The van der Waals surface area contributed by atoms with Gasteiger partial charge in [-0.1, -0.05) is 30.3 Å². The first-order chi connectivity index (χ1) is 8.18. The number of β-amino-alcohol motifs (C(OH)–C–C–N with tert-alkyl or cyclic N) is 1. The van der Waals surface area contributed by atoms with Crippen molar-refractivity contribution in [3.05, 3.63) is 42.0 Å². The van der Waals surface area contributed by atoms with Crippen LogP contribution in [0.4, 0.5) is 0 Å². The molecule has 0 amide bonds. The second-order valence-electron chi connectivity index (χ2n) is 4.79. The van der Waals surface area contributed by atoms with Crippen LogP contribution < -0.4 is 5.32 Å². The molecule has 0 atom stereocenters. The van der Waals surface area contributed by atoms with Gasteiger partial charge in [0.1, 0.15) is 5.75 Å². The summed E-state index contributed by atoms with van der Waals surface area (Å²) in [6.45, 7) is 1.19. The first-order valence-electron chi connectivity index (χ1n) is 5.81. The van der Waals surface area contributed by atoms with E-state index in [9.17, 15) is 10.2 Å². The number of aliphatic hydroxyl groups is 1. The molecule has 88 valence electrons. The van der Waals surface area contributed by atoms with E-state index >= 15 is 0 Å². The maximum atomic E-state index is 10.2. The van der Waals surface area contributed by atoms with Crippen molar-refractivity contribution in [2.24, 2.45) is 0 Å². The van der Waals surface area contributed by atoms with Crippen LogP contribution in [0.25, 0.3) is 10.8 Å². The van der Waals surface area contributed by atoms with Crippen LogP contribution in [0.1, 0.15) is 5.56 Å². The largest absolute Gasteiger partial charge is 0.508 e. The normalized spacial score (nSPS) is 17.9. The maximum Gasteiger partial charge on any atom is 0.119 e. The van der Waals surface area contributed by atoms with Crippen LogP contribution in [0, 0.1) is 0 Å². The van der Waals surface area contributed by atoms with Crippen molar-refractivity contribution in [1.82, 2.24) is 5.32 Å². The second-order valence-corrected chi connectivity index (χ2v) is 4.79. The highest BCUT2D eigenvalue weighted by molar-refractivity contribution is 5.87. The standard InChI is InChI=1S/C14H15NO2/c16-13-6-5-10-3-1-2-4-11(10)12(13)7-14(17)8-15-9-14/h1-6,15-17H,7-9H2. The first-order valence-corrected chi connectivity index (χ1v) is 5.81. The lowest BCUT2D eigenvalue weighted by Gasteiger charge is -2.38. The Balaban J connectivity index is 2.10. The predicted molar refractivity (Wildman–Crippen MR) is 67.1 cm³/mol. The minimum absolute atomic E-state index is 0.268. The number of phenolic OH excluding ortho intramolecular Hbond substituents is 1. The summed E-state index contributed by atoms with van der Waals surface area (Å²) in [6.07, 6.45) is 0.493. The molecule has 3 nitrogen and oxygen atoms in total. The van der Waals surface area contributed by atoms with Crippen molar-refractivity contribution in [2.45, 2.75) is 12.0 Å². The molecule has 0 aromatic heterocycles. The van der Waals surface area contributed by atoms with Crippen LogP contribution in [0.2, 0.25) is 0 Å². The van der Waals surface area contributed by atoms with Crippen molar-refractivity contribution in [1.29, 1.82) is 0 Å². The van der Waals surface area contributed by atoms with Gasteiger partial charge in [0.25, 0.3) is 0 Å². The molecule has 2 aromatic carbocycles. The Bertz CT molecular complexity index is 561. The minimum atomic E-state index is -0.707. The van der Waals surface area contributed by atoms with Gasteiger partial charge in [0.2, 0.25) is 0 Å². The van der Waals surface area contributed by atoms with E-state index in [0.717, 1.165) is 16.3 Å². The highest BCUT2D eigenvalue weighted by Crippen LogP contribution is 2.31. The van der Waals surface area contributed by atoms with E-state index in [1.165, 1.54) is 0 Å². The van der Waals surface area contributed by atoms with Crippen LogP contribution in [-0.2, 0) is 6.42 Å². The molecule has 0 saturated carbocycles. The third kappa shape index (κ3) is 1.77. The topological polar surface area (TPSA) is 52.5 Å². The molecule has 1 saturated heterocycles. The van der Waals surface area contributed by atoms with Crippen LogP contribution in [0.3, 0.4) is 0 Å². The van der Waals surface area contributed by atoms with Crippen molar-refractivity contribution in [2.75, 3.05) is 13.1 Å². The Morgan fingerprint density at radius 3 is 2.59 bits per heavy atom. The molecule has 1 heterocycles. The number of phenols is 1. The first kappa shape index (κ1) is 10.6. The zero-order valence-electron chi connectivity index (χ0n) is 9.48. The summed E-state index contributed by atoms with van der Waals surface area (Å²) in [4.78, 5) is 0. The van der Waals surface area contributed by atoms with Gasteiger partial charge in [0.15, 0.2) is 0 Å². The summed E-state index contributed by atoms with van der Waals surface area (Å²) < 4.78 is 0. The molecule has 3 rings (SSSR count). The van der Waals surface area contributed by atoms with E-state index < -0.39 is 5.60 Å². The lowest BCUT2D eigenvalue weighted by atomic mass is 9.86. The Hall–Kier alpha value is -1.58. The summed E-state index contributed by atoms with van der Waals surface area (Å²) >= 11 is 0. The van der Waals surface area contributed by atoms with Gasteiger partial charge in [0, 0.05) is 25.1 Å². The lowest BCUT2D eigenvalue weighted by Crippen LogP contribution is -2.60. The van der Waals surface area contributed by atoms with Crippen molar-refractivity contribution < 1.29 is 10.2 Å². The van der Waals surface area contributed by atoms with E-state index in [2.05, 4.69) is 5.32 Å². The summed E-state index contributed by atoms with van der Waals surface area (Å²) in [5, 5.41) is 25.3. The smallest absolute Gasteiger partial charge is 0.119 e. The predicted octanol–water partition coefficient (Wildman–Crippen LogP) is 1.42. The number of fused-ring (bicyclic) bond motifs is 1. The zero-order valence-corrected chi connectivity index (χ0v) is 9.48. The molecule has 1 aliphatic heterocycles. The third-order valence-electron chi connectivity index (χ3n) is 3.43. The zero-order chi connectivity index (χ0) is 11.9. The van der Waals surface area contributed by atoms with Gasteiger partial charge in [-0.05, 0) is 16.8 Å². The molecule has 0 aliphatic carbocycles. The molecule has 3 N–H and O–H groups in total. The lowest BCUT2D eigenvalue weighted by molar-refractivity contribution is -0.00915. The van der Waals surface area contributed by atoms with Crippen LogP contribution in [0.5, 0.6) is 5.75 Å². The Morgan fingerprint density at radius 2 is 1.88 bits per heavy atom. The highest BCUT2D eigenvalue weighted by Gasteiger charge is 2.35.